The Morgan fingerprint density at radius 3 is 2.35 bits per heavy atom. The van der Waals surface area contributed by atoms with Crippen molar-refractivity contribution >= 4 is 11.0 Å². The molecule has 4 heteroatoms. The van der Waals surface area contributed by atoms with Gasteiger partial charge in [-0.3, -0.25) is 0 Å². The number of hydrogen-bond donors (Lipinski definition) is 1. The van der Waals surface area contributed by atoms with Crippen LogP contribution in [0.5, 0.6) is 11.5 Å². The lowest BCUT2D eigenvalue weighted by Crippen LogP contribution is -1.86. The van der Waals surface area contributed by atoms with E-state index in [-0.39, 0.29) is 6.61 Å². The SMILES string of the molecule is CC.COc1cc(OC)c2oc(CO)cc2c1. The van der Waals surface area contributed by atoms with Gasteiger partial charge in [0.25, 0.3) is 0 Å². The van der Waals surface area contributed by atoms with E-state index in [9.17, 15) is 0 Å². The molecular weight excluding hydrogens is 220 g/mol. The summed E-state index contributed by atoms with van der Waals surface area (Å²) in [6.45, 7) is 3.88. The highest BCUT2D eigenvalue weighted by atomic mass is 16.5. The number of rotatable bonds is 3. The van der Waals surface area contributed by atoms with Crippen LogP contribution in [0.15, 0.2) is 22.6 Å². The molecule has 17 heavy (non-hydrogen) atoms. The highest BCUT2D eigenvalue weighted by Crippen LogP contribution is 2.33. The van der Waals surface area contributed by atoms with E-state index in [2.05, 4.69) is 0 Å². The molecule has 1 aromatic carbocycles. The number of fused-ring (bicyclic) bond motifs is 1. The van der Waals surface area contributed by atoms with Crippen LogP contribution in [-0.2, 0) is 6.61 Å². The molecule has 0 unspecified atom stereocenters. The second-order valence-electron chi connectivity index (χ2n) is 3.12. The molecule has 0 aliphatic rings. The van der Waals surface area contributed by atoms with Gasteiger partial charge in [-0.25, -0.2) is 0 Å². The monoisotopic (exact) mass is 238 g/mol. The quantitative estimate of drug-likeness (QED) is 0.893. The first-order valence-corrected chi connectivity index (χ1v) is 5.53. The molecule has 0 bridgehead atoms. The van der Waals surface area contributed by atoms with Crippen molar-refractivity contribution in [3.8, 4) is 11.5 Å². The largest absolute Gasteiger partial charge is 0.497 e. The highest BCUT2D eigenvalue weighted by molar-refractivity contribution is 5.85. The smallest absolute Gasteiger partial charge is 0.176 e. The van der Waals surface area contributed by atoms with E-state index in [0.29, 0.717) is 22.8 Å². The fourth-order valence-electron chi connectivity index (χ4n) is 1.50. The molecule has 1 heterocycles. The van der Waals surface area contributed by atoms with E-state index in [1.807, 2.05) is 19.9 Å². The summed E-state index contributed by atoms with van der Waals surface area (Å²) in [6.07, 6.45) is 0. The van der Waals surface area contributed by atoms with Crippen LogP contribution in [0.25, 0.3) is 11.0 Å². The first-order chi connectivity index (χ1) is 8.28. The lowest BCUT2D eigenvalue weighted by molar-refractivity contribution is 0.250. The summed E-state index contributed by atoms with van der Waals surface area (Å²) in [4.78, 5) is 0. The Hall–Kier alpha value is -1.68. The number of aliphatic hydroxyl groups excluding tert-OH is 1. The van der Waals surface area contributed by atoms with Crippen LogP contribution in [-0.4, -0.2) is 19.3 Å². The van der Waals surface area contributed by atoms with Gasteiger partial charge < -0.3 is 19.0 Å². The van der Waals surface area contributed by atoms with Gasteiger partial charge in [0.05, 0.1) is 14.2 Å². The summed E-state index contributed by atoms with van der Waals surface area (Å²) in [6, 6.07) is 5.34. The van der Waals surface area contributed by atoms with Crippen LogP contribution in [0.3, 0.4) is 0 Å². The number of ether oxygens (including phenoxy) is 2. The minimum atomic E-state index is -0.125. The molecule has 0 fully saturated rings. The van der Waals surface area contributed by atoms with Crippen LogP contribution in [0.1, 0.15) is 19.6 Å². The van der Waals surface area contributed by atoms with E-state index in [1.165, 1.54) is 0 Å². The van der Waals surface area contributed by atoms with E-state index < -0.39 is 0 Å². The van der Waals surface area contributed by atoms with Crippen LogP contribution in [0.4, 0.5) is 0 Å². The zero-order valence-electron chi connectivity index (χ0n) is 10.6. The predicted octanol–water partition coefficient (Wildman–Crippen LogP) is 2.97. The second-order valence-corrected chi connectivity index (χ2v) is 3.12. The van der Waals surface area contributed by atoms with Crippen molar-refractivity contribution in [1.29, 1.82) is 0 Å². The van der Waals surface area contributed by atoms with Gasteiger partial charge in [-0.1, -0.05) is 13.8 Å². The molecule has 0 saturated heterocycles. The van der Waals surface area contributed by atoms with Crippen LogP contribution in [0, 0.1) is 0 Å². The average molecular weight is 238 g/mol. The van der Waals surface area contributed by atoms with Gasteiger partial charge in [0.15, 0.2) is 11.3 Å². The average Bonchev–Trinajstić information content (AvgIpc) is 2.82. The number of aliphatic hydroxyl groups is 1. The second kappa shape index (κ2) is 6.15. The molecular formula is C13H18O4. The summed E-state index contributed by atoms with van der Waals surface area (Å²) in [7, 11) is 3.16. The maximum Gasteiger partial charge on any atom is 0.176 e. The Balaban J connectivity index is 0.000000686. The molecule has 0 atom stereocenters. The van der Waals surface area contributed by atoms with Gasteiger partial charge in [-0.15, -0.1) is 0 Å². The van der Waals surface area contributed by atoms with E-state index in [0.717, 1.165) is 5.39 Å². The third-order valence-corrected chi connectivity index (χ3v) is 2.22. The molecule has 94 valence electrons. The van der Waals surface area contributed by atoms with E-state index >= 15 is 0 Å². The van der Waals surface area contributed by atoms with Crippen LogP contribution < -0.4 is 9.47 Å². The number of furan rings is 1. The molecule has 1 N–H and O–H groups in total. The molecule has 1 aromatic heterocycles. The summed E-state index contributed by atoms with van der Waals surface area (Å²) in [5, 5.41) is 9.82. The highest BCUT2D eigenvalue weighted by Gasteiger charge is 2.10. The van der Waals surface area contributed by atoms with Crippen molar-refractivity contribution in [2.24, 2.45) is 0 Å². The van der Waals surface area contributed by atoms with Crippen LogP contribution >= 0.6 is 0 Å². The minimum Gasteiger partial charge on any atom is -0.497 e. The number of methoxy groups -OCH3 is 2. The zero-order valence-corrected chi connectivity index (χ0v) is 10.6. The summed E-state index contributed by atoms with van der Waals surface area (Å²) >= 11 is 0. The lowest BCUT2D eigenvalue weighted by Gasteiger charge is -2.03. The normalized spacial score (nSPS) is 9.71. The molecule has 0 spiro atoms. The number of hydrogen-bond acceptors (Lipinski definition) is 4. The first kappa shape index (κ1) is 13.4. The Labute approximate surface area is 101 Å². The van der Waals surface area contributed by atoms with Gasteiger partial charge >= 0.3 is 0 Å². The topological polar surface area (TPSA) is 51.8 Å². The summed E-state index contributed by atoms with van der Waals surface area (Å²) in [5.41, 5.74) is 0.627. The first-order valence-electron chi connectivity index (χ1n) is 5.53. The van der Waals surface area contributed by atoms with E-state index in [1.54, 1.807) is 26.4 Å². The van der Waals surface area contributed by atoms with Gasteiger partial charge in [0.1, 0.15) is 18.1 Å². The summed E-state index contributed by atoms with van der Waals surface area (Å²) < 4.78 is 15.7. The van der Waals surface area contributed by atoms with Crippen LogP contribution in [0.2, 0.25) is 0 Å². The maximum absolute atomic E-state index is 8.96. The Kier molecular flexibility index (Phi) is 4.84. The van der Waals surface area contributed by atoms with Crippen molar-refractivity contribution in [2.45, 2.75) is 20.5 Å². The Morgan fingerprint density at radius 2 is 1.82 bits per heavy atom. The fourth-order valence-corrected chi connectivity index (χ4v) is 1.50. The molecule has 0 saturated carbocycles. The van der Waals surface area contributed by atoms with Crippen molar-refractivity contribution in [2.75, 3.05) is 14.2 Å². The van der Waals surface area contributed by atoms with Crippen molar-refractivity contribution in [3.05, 3.63) is 24.0 Å². The summed E-state index contributed by atoms with van der Waals surface area (Å²) in [5.74, 6) is 1.81. The third-order valence-electron chi connectivity index (χ3n) is 2.22. The number of benzene rings is 1. The van der Waals surface area contributed by atoms with Crippen molar-refractivity contribution in [3.63, 3.8) is 0 Å². The van der Waals surface area contributed by atoms with E-state index in [4.69, 9.17) is 19.0 Å². The third kappa shape index (κ3) is 2.71. The standard InChI is InChI=1S/C11H12O4.C2H6/c1-13-8-3-7-4-9(6-12)15-11(7)10(5-8)14-2;1-2/h3-5,12H,6H2,1-2H3;1-2H3. The molecule has 2 rings (SSSR count). The molecule has 0 amide bonds. The Morgan fingerprint density at radius 1 is 1.12 bits per heavy atom. The fraction of sp³-hybridized carbons (Fsp3) is 0.385. The van der Waals surface area contributed by atoms with Gasteiger partial charge in [-0.2, -0.15) is 0 Å². The Bertz CT molecular complexity index is 473. The van der Waals surface area contributed by atoms with Crippen molar-refractivity contribution < 1.29 is 19.0 Å². The molecule has 2 aromatic rings. The molecule has 0 aliphatic carbocycles. The molecule has 4 nitrogen and oxygen atoms in total. The van der Waals surface area contributed by atoms with Gasteiger partial charge in [-0.05, 0) is 12.1 Å². The zero-order chi connectivity index (χ0) is 12.8. The van der Waals surface area contributed by atoms with Crippen molar-refractivity contribution in [1.82, 2.24) is 0 Å². The van der Waals surface area contributed by atoms with Gasteiger partial charge in [0, 0.05) is 11.5 Å². The minimum absolute atomic E-state index is 0.125. The lowest BCUT2D eigenvalue weighted by atomic mass is 10.2. The molecule has 0 radical (unpaired) electrons. The molecule has 0 aliphatic heterocycles. The van der Waals surface area contributed by atoms with Gasteiger partial charge in [0.2, 0.25) is 0 Å². The maximum atomic E-state index is 8.96. The predicted molar refractivity (Wildman–Crippen MR) is 66.6 cm³/mol.